The molecule has 28 heavy (non-hydrogen) atoms. The van der Waals surface area contributed by atoms with Gasteiger partial charge in [0.2, 0.25) is 0 Å². The first-order chi connectivity index (χ1) is 13.5. The summed E-state index contributed by atoms with van der Waals surface area (Å²) in [6, 6.07) is 5.90. The van der Waals surface area contributed by atoms with Crippen LogP contribution in [-0.4, -0.2) is 67.4 Å². The van der Waals surface area contributed by atoms with E-state index in [0.717, 1.165) is 22.6 Å². The summed E-state index contributed by atoms with van der Waals surface area (Å²) in [4.78, 5) is 15.4. The second-order valence-corrected chi connectivity index (χ2v) is 6.51. The molecule has 0 aliphatic rings. The van der Waals surface area contributed by atoms with Crippen molar-refractivity contribution in [3.8, 4) is 0 Å². The highest BCUT2D eigenvalue weighted by atomic mass is 16.5. The van der Waals surface area contributed by atoms with Gasteiger partial charge in [-0.15, -0.1) is 0 Å². The highest BCUT2D eigenvalue weighted by molar-refractivity contribution is 5.69. The molecule has 7 heteroatoms. The van der Waals surface area contributed by atoms with E-state index in [1.165, 1.54) is 0 Å². The molecule has 7 nitrogen and oxygen atoms in total. The zero-order chi connectivity index (χ0) is 20.9. The number of aryl methyl sites for hydroxylation is 1. The average molecular weight is 395 g/mol. The van der Waals surface area contributed by atoms with Gasteiger partial charge in [-0.2, -0.15) is 0 Å². The van der Waals surface area contributed by atoms with Crippen molar-refractivity contribution in [2.24, 2.45) is 0 Å². The number of hydrogen-bond acceptors (Lipinski definition) is 7. The van der Waals surface area contributed by atoms with Crippen LogP contribution in [0.3, 0.4) is 0 Å². The normalized spacial score (nSPS) is 10.6. The molecule has 0 saturated carbocycles. The third kappa shape index (κ3) is 7.50. The first-order valence-corrected chi connectivity index (χ1v) is 9.77. The molecule has 158 valence electrons. The van der Waals surface area contributed by atoms with E-state index in [-0.39, 0.29) is 25.8 Å². The van der Waals surface area contributed by atoms with Crippen molar-refractivity contribution >= 4 is 17.3 Å². The molecule has 0 aromatic heterocycles. The Kier molecular flexibility index (Phi) is 11.2. The topological polar surface area (TPSA) is 93.5 Å². The van der Waals surface area contributed by atoms with Gasteiger partial charge in [-0.1, -0.05) is 12.6 Å². The quantitative estimate of drug-likeness (QED) is 0.415. The van der Waals surface area contributed by atoms with Crippen LogP contribution in [0.15, 0.2) is 30.5 Å². The van der Waals surface area contributed by atoms with Crippen LogP contribution in [0.4, 0.5) is 11.4 Å². The number of aliphatic hydroxyl groups excluding tert-OH is 3. The molecule has 0 bridgehead atoms. The molecule has 0 heterocycles. The molecule has 0 saturated heterocycles. The maximum Gasteiger partial charge on any atom is 0.305 e. The van der Waals surface area contributed by atoms with Crippen molar-refractivity contribution in [2.75, 3.05) is 55.9 Å². The maximum absolute atomic E-state index is 11.5. The molecule has 1 aromatic rings. The minimum absolute atomic E-state index is 0.00979. The third-order valence-electron chi connectivity index (χ3n) is 4.45. The highest BCUT2D eigenvalue weighted by Crippen LogP contribution is 2.30. The molecular formula is C21H34N2O5. The molecule has 0 atom stereocenters. The average Bonchev–Trinajstić information content (AvgIpc) is 2.67. The van der Waals surface area contributed by atoms with E-state index >= 15 is 0 Å². The number of anilines is 2. The molecule has 0 fully saturated rings. The minimum Gasteiger partial charge on any atom is -0.466 e. The van der Waals surface area contributed by atoms with E-state index in [9.17, 15) is 20.1 Å². The number of esters is 1. The monoisotopic (exact) mass is 394 g/mol. The van der Waals surface area contributed by atoms with Crippen molar-refractivity contribution < 1.29 is 24.9 Å². The van der Waals surface area contributed by atoms with Gasteiger partial charge in [0.25, 0.3) is 0 Å². The van der Waals surface area contributed by atoms with E-state index in [1.54, 1.807) is 6.92 Å². The summed E-state index contributed by atoms with van der Waals surface area (Å²) in [6.07, 6.45) is 1.57. The lowest BCUT2D eigenvalue weighted by molar-refractivity contribution is -0.143. The molecule has 0 amide bonds. The Balaban J connectivity index is 2.97. The van der Waals surface area contributed by atoms with Gasteiger partial charge in [0.15, 0.2) is 0 Å². The number of carbonyl (C=O) groups is 1. The summed E-state index contributed by atoms with van der Waals surface area (Å²) in [6.45, 7) is 9.48. The van der Waals surface area contributed by atoms with Crippen molar-refractivity contribution in [3.63, 3.8) is 0 Å². The minimum atomic E-state index is -0.217. The van der Waals surface area contributed by atoms with E-state index in [4.69, 9.17) is 4.74 Å². The van der Waals surface area contributed by atoms with Crippen LogP contribution in [0, 0.1) is 6.92 Å². The fourth-order valence-electron chi connectivity index (χ4n) is 3.05. The first kappa shape index (κ1) is 23.9. The number of rotatable bonds is 14. The van der Waals surface area contributed by atoms with Crippen molar-refractivity contribution in [3.05, 3.63) is 36.0 Å². The number of ether oxygens (including phenoxy) is 1. The molecule has 1 rings (SSSR count). The molecule has 0 aliphatic heterocycles. The van der Waals surface area contributed by atoms with Gasteiger partial charge in [0, 0.05) is 43.1 Å². The van der Waals surface area contributed by atoms with Gasteiger partial charge in [0.1, 0.15) is 0 Å². The number of aliphatic hydroxyl groups is 3. The Bertz CT molecular complexity index is 615. The Morgan fingerprint density at radius 1 is 1.07 bits per heavy atom. The van der Waals surface area contributed by atoms with Crippen LogP contribution < -0.4 is 9.80 Å². The van der Waals surface area contributed by atoms with Crippen LogP contribution in [-0.2, 0) is 9.53 Å². The standard InChI is InChI=1S/C21H34N2O5/c1-4-28-21(27)7-5-6-18(3)23(12-15-26)20-16-19(9-8-17(20)2)22(10-13-24)11-14-25/h8-9,16,24-26H,3-7,10-15H2,1-2H3. The lowest BCUT2D eigenvalue weighted by atomic mass is 10.1. The van der Waals surface area contributed by atoms with Gasteiger partial charge in [-0.05, 0) is 44.4 Å². The third-order valence-corrected chi connectivity index (χ3v) is 4.45. The Labute approximate surface area is 167 Å². The van der Waals surface area contributed by atoms with Crippen molar-refractivity contribution in [1.29, 1.82) is 0 Å². The number of allylic oxidation sites excluding steroid dienone is 1. The summed E-state index contributed by atoms with van der Waals surface area (Å²) < 4.78 is 4.95. The summed E-state index contributed by atoms with van der Waals surface area (Å²) >= 11 is 0. The van der Waals surface area contributed by atoms with E-state index in [2.05, 4.69) is 6.58 Å². The fraction of sp³-hybridized carbons (Fsp3) is 0.571. The zero-order valence-electron chi connectivity index (χ0n) is 17.1. The number of nitrogens with zero attached hydrogens (tertiary/aromatic N) is 2. The first-order valence-electron chi connectivity index (χ1n) is 9.77. The van der Waals surface area contributed by atoms with Crippen LogP contribution in [0.5, 0.6) is 0 Å². The lowest BCUT2D eigenvalue weighted by Gasteiger charge is -2.30. The SMILES string of the molecule is C=C(CCCC(=O)OCC)N(CCO)c1cc(N(CCO)CCO)ccc1C. The van der Waals surface area contributed by atoms with Gasteiger partial charge < -0.3 is 29.9 Å². The predicted molar refractivity (Wildman–Crippen MR) is 112 cm³/mol. The van der Waals surface area contributed by atoms with Crippen molar-refractivity contribution in [1.82, 2.24) is 0 Å². The highest BCUT2D eigenvalue weighted by Gasteiger charge is 2.16. The molecule has 0 unspecified atom stereocenters. The Morgan fingerprint density at radius 2 is 1.71 bits per heavy atom. The lowest BCUT2D eigenvalue weighted by Crippen LogP contribution is -2.30. The summed E-state index contributed by atoms with van der Waals surface area (Å²) in [5.74, 6) is -0.217. The van der Waals surface area contributed by atoms with Crippen LogP contribution in [0.1, 0.15) is 31.7 Å². The predicted octanol–water partition coefficient (Wildman–Crippen LogP) is 1.83. The summed E-state index contributed by atoms with van der Waals surface area (Å²) in [5.41, 5.74) is 3.63. The van der Waals surface area contributed by atoms with Crippen LogP contribution in [0.2, 0.25) is 0 Å². The zero-order valence-corrected chi connectivity index (χ0v) is 17.1. The smallest absolute Gasteiger partial charge is 0.305 e. The summed E-state index contributed by atoms with van der Waals surface area (Å²) in [5, 5.41) is 28.1. The largest absolute Gasteiger partial charge is 0.466 e. The van der Waals surface area contributed by atoms with E-state index in [1.807, 2.05) is 34.9 Å². The number of carbonyl (C=O) groups excluding carboxylic acids is 1. The fourth-order valence-corrected chi connectivity index (χ4v) is 3.05. The van der Waals surface area contributed by atoms with E-state index in [0.29, 0.717) is 45.5 Å². The molecule has 1 aromatic carbocycles. The Morgan fingerprint density at radius 3 is 2.29 bits per heavy atom. The molecule has 0 aliphatic carbocycles. The van der Waals surface area contributed by atoms with Crippen molar-refractivity contribution in [2.45, 2.75) is 33.1 Å². The number of hydrogen-bond donors (Lipinski definition) is 3. The van der Waals surface area contributed by atoms with Gasteiger partial charge in [-0.25, -0.2) is 0 Å². The number of benzene rings is 1. The van der Waals surface area contributed by atoms with E-state index < -0.39 is 0 Å². The second-order valence-electron chi connectivity index (χ2n) is 6.51. The second kappa shape index (κ2) is 13.1. The van der Waals surface area contributed by atoms with Gasteiger partial charge in [-0.3, -0.25) is 4.79 Å². The molecule has 0 radical (unpaired) electrons. The van der Waals surface area contributed by atoms with Crippen LogP contribution >= 0.6 is 0 Å². The van der Waals surface area contributed by atoms with Gasteiger partial charge >= 0.3 is 5.97 Å². The maximum atomic E-state index is 11.5. The van der Waals surface area contributed by atoms with Gasteiger partial charge in [0.05, 0.1) is 26.4 Å². The molecule has 3 N–H and O–H groups in total. The summed E-state index contributed by atoms with van der Waals surface area (Å²) in [7, 11) is 0. The van der Waals surface area contributed by atoms with Crippen LogP contribution in [0.25, 0.3) is 0 Å². The molecule has 0 spiro atoms. The Hall–Kier alpha value is -2.09. The molecular weight excluding hydrogens is 360 g/mol.